The summed E-state index contributed by atoms with van der Waals surface area (Å²) >= 11 is 0. The van der Waals surface area contributed by atoms with Crippen molar-refractivity contribution < 1.29 is 4.74 Å². The number of dihydropyridines is 1. The molecule has 0 spiro atoms. The normalized spacial score (nSPS) is 33.7. The zero-order valence-electron chi connectivity index (χ0n) is 10.9. The molecule has 0 aromatic heterocycles. The number of allylic oxidation sites excluding steroid dienone is 2. The van der Waals surface area contributed by atoms with E-state index in [1.807, 2.05) is 6.92 Å². The molecule has 2 aliphatic heterocycles. The second-order valence-electron chi connectivity index (χ2n) is 5.08. The second-order valence-corrected chi connectivity index (χ2v) is 5.08. The molecule has 0 saturated carbocycles. The van der Waals surface area contributed by atoms with Gasteiger partial charge in [0.25, 0.3) is 0 Å². The van der Waals surface area contributed by atoms with Gasteiger partial charge in [0.2, 0.25) is 0 Å². The van der Waals surface area contributed by atoms with Crippen molar-refractivity contribution in [3.63, 3.8) is 0 Å². The topological polar surface area (TPSA) is 47.3 Å². The van der Waals surface area contributed by atoms with Crippen molar-refractivity contribution in [3.05, 3.63) is 35.3 Å². The van der Waals surface area contributed by atoms with Crippen LogP contribution in [0.5, 0.6) is 0 Å². The lowest BCUT2D eigenvalue weighted by molar-refractivity contribution is 0.0524. The van der Waals surface area contributed by atoms with Gasteiger partial charge in [-0.2, -0.15) is 0 Å². The molecule has 2 heterocycles. The van der Waals surface area contributed by atoms with E-state index in [2.05, 4.69) is 31.8 Å². The molecule has 1 saturated heterocycles. The highest BCUT2D eigenvalue weighted by molar-refractivity contribution is 5.44. The molecule has 0 aromatic carbocycles. The van der Waals surface area contributed by atoms with Crippen molar-refractivity contribution in [2.24, 2.45) is 11.7 Å². The van der Waals surface area contributed by atoms with E-state index in [0.717, 1.165) is 29.7 Å². The minimum atomic E-state index is 0.165. The quantitative estimate of drug-likeness (QED) is 0.771. The Morgan fingerprint density at radius 2 is 2.29 bits per heavy atom. The SMILES string of the molecule is C=C1NC(N)=C(C)C=C1[C@H]1C[C@@H](C)[C@@H](CC)O1. The van der Waals surface area contributed by atoms with Gasteiger partial charge in [0.1, 0.15) is 5.82 Å². The first-order chi connectivity index (χ1) is 8.02. The Hall–Kier alpha value is -1.22. The summed E-state index contributed by atoms with van der Waals surface area (Å²) in [5.74, 6) is 1.30. The number of ether oxygens (including phenoxy) is 1. The Bertz CT molecular complexity index is 395. The summed E-state index contributed by atoms with van der Waals surface area (Å²) in [7, 11) is 0. The molecule has 2 aliphatic rings. The third-order valence-corrected chi connectivity index (χ3v) is 3.74. The van der Waals surface area contributed by atoms with Gasteiger partial charge in [-0.1, -0.05) is 20.4 Å². The molecule has 1 fully saturated rings. The van der Waals surface area contributed by atoms with E-state index in [9.17, 15) is 0 Å². The number of hydrogen-bond acceptors (Lipinski definition) is 3. The van der Waals surface area contributed by atoms with Gasteiger partial charge in [-0.3, -0.25) is 0 Å². The third kappa shape index (κ3) is 2.25. The highest BCUT2D eigenvalue weighted by Gasteiger charge is 2.34. The van der Waals surface area contributed by atoms with Gasteiger partial charge in [-0.05, 0) is 37.3 Å². The van der Waals surface area contributed by atoms with Crippen LogP contribution in [0.25, 0.3) is 0 Å². The summed E-state index contributed by atoms with van der Waals surface area (Å²) in [6, 6.07) is 0. The van der Waals surface area contributed by atoms with Gasteiger partial charge in [0.15, 0.2) is 0 Å². The lowest BCUT2D eigenvalue weighted by Crippen LogP contribution is -2.28. The van der Waals surface area contributed by atoms with Crippen molar-refractivity contribution in [2.45, 2.75) is 45.8 Å². The molecule has 2 rings (SSSR count). The minimum absolute atomic E-state index is 0.165. The molecule has 94 valence electrons. The molecule has 0 radical (unpaired) electrons. The highest BCUT2D eigenvalue weighted by Crippen LogP contribution is 2.35. The Labute approximate surface area is 103 Å². The van der Waals surface area contributed by atoms with Crippen LogP contribution in [0.4, 0.5) is 0 Å². The first kappa shape index (κ1) is 12.2. The molecule has 0 aliphatic carbocycles. The van der Waals surface area contributed by atoms with Gasteiger partial charge < -0.3 is 15.8 Å². The van der Waals surface area contributed by atoms with Gasteiger partial charge in [-0.25, -0.2) is 0 Å². The third-order valence-electron chi connectivity index (χ3n) is 3.74. The molecule has 3 N–H and O–H groups in total. The molecule has 0 amide bonds. The Morgan fingerprint density at radius 3 is 2.88 bits per heavy atom. The summed E-state index contributed by atoms with van der Waals surface area (Å²) < 4.78 is 6.08. The molecular weight excluding hydrogens is 212 g/mol. The molecule has 3 heteroatoms. The Kier molecular flexibility index (Phi) is 3.29. The van der Waals surface area contributed by atoms with Crippen molar-refractivity contribution in [3.8, 4) is 0 Å². The fourth-order valence-electron chi connectivity index (χ4n) is 2.61. The predicted molar refractivity (Wildman–Crippen MR) is 70.0 cm³/mol. The largest absolute Gasteiger partial charge is 0.385 e. The van der Waals surface area contributed by atoms with Crippen molar-refractivity contribution in [2.75, 3.05) is 0 Å². The fourth-order valence-corrected chi connectivity index (χ4v) is 2.61. The minimum Gasteiger partial charge on any atom is -0.385 e. The maximum Gasteiger partial charge on any atom is 0.103 e. The number of rotatable bonds is 2. The number of nitrogens with one attached hydrogen (secondary N) is 1. The Morgan fingerprint density at radius 1 is 1.59 bits per heavy atom. The van der Waals surface area contributed by atoms with Gasteiger partial charge in [0.05, 0.1) is 12.2 Å². The number of hydrogen-bond donors (Lipinski definition) is 2. The van der Waals surface area contributed by atoms with Crippen LogP contribution in [0, 0.1) is 5.92 Å². The zero-order chi connectivity index (χ0) is 12.6. The van der Waals surface area contributed by atoms with E-state index in [4.69, 9.17) is 10.5 Å². The van der Waals surface area contributed by atoms with Gasteiger partial charge in [-0.15, -0.1) is 0 Å². The van der Waals surface area contributed by atoms with Crippen LogP contribution < -0.4 is 11.1 Å². The first-order valence-electron chi connectivity index (χ1n) is 6.32. The van der Waals surface area contributed by atoms with Gasteiger partial charge in [0, 0.05) is 11.3 Å². The number of nitrogens with two attached hydrogens (primary N) is 1. The molecule has 3 nitrogen and oxygen atoms in total. The maximum absolute atomic E-state index is 6.08. The van der Waals surface area contributed by atoms with Crippen LogP contribution in [-0.4, -0.2) is 12.2 Å². The first-order valence-corrected chi connectivity index (χ1v) is 6.32. The van der Waals surface area contributed by atoms with E-state index in [1.54, 1.807) is 0 Å². The van der Waals surface area contributed by atoms with Crippen LogP contribution in [0.3, 0.4) is 0 Å². The Balaban J connectivity index is 2.19. The lowest BCUT2D eigenvalue weighted by atomic mass is 9.94. The monoisotopic (exact) mass is 234 g/mol. The summed E-state index contributed by atoms with van der Waals surface area (Å²) in [6.45, 7) is 10.5. The summed E-state index contributed by atoms with van der Waals surface area (Å²) in [5, 5.41) is 3.12. The van der Waals surface area contributed by atoms with E-state index in [1.165, 1.54) is 0 Å². The summed E-state index contributed by atoms with van der Waals surface area (Å²) in [5.41, 5.74) is 8.92. The average molecular weight is 234 g/mol. The van der Waals surface area contributed by atoms with E-state index in [0.29, 0.717) is 17.8 Å². The van der Waals surface area contributed by atoms with Crippen LogP contribution in [0.15, 0.2) is 35.3 Å². The standard InChI is InChI=1S/C14H22N2O/c1-5-12-8(2)7-13(17-12)11-6-9(3)14(15)16-10(11)4/h6,8,12-13,16H,4-5,7,15H2,1-3H3/t8-,12-,13-/m1/s1. The lowest BCUT2D eigenvalue weighted by Gasteiger charge is -2.24. The van der Waals surface area contributed by atoms with Crippen molar-refractivity contribution >= 4 is 0 Å². The smallest absolute Gasteiger partial charge is 0.103 e. The van der Waals surface area contributed by atoms with E-state index >= 15 is 0 Å². The van der Waals surface area contributed by atoms with E-state index < -0.39 is 0 Å². The van der Waals surface area contributed by atoms with Gasteiger partial charge >= 0.3 is 0 Å². The molecule has 0 unspecified atom stereocenters. The maximum atomic E-state index is 6.08. The molecule has 3 atom stereocenters. The molecule has 17 heavy (non-hydrogen) atoms. The van der Waals surface area contributed by atoms with E-state index in [-0.39, 0.29) is 6.10 Å². The molecule has 0 aromatic rings. The highest BCUT2D eigenvalue weighted by atomic mass is 16.5. The molecule has 0 bridgehead atoms. The van der Waals surface area contributed by atoms with Crippen LogP contribution in [-0.2, 0) is 4.74 Å². The average Bonchev–Trinajstić information content (AvgIpc) is 2.65. The van der Waals surface area contributed by atoms with Crippen LogP contribution in [0.1, 0.15) is 33.6 Å². The van der Waals surface area contributed by atoms with Crippen molar-refractivity contribution in [1.29, 1.82) is 0 Å². The predicted octanol–water partition coefficient (Wildman–Crippen LogP) is 2.42. The summed E-state index contributed by atoms with van der Waals surface area (Å²) in [6.07, 6.45) is 4.78. The van der Waals surface area contributed by atoms with Crippen LogP contribution in [0.2, 0.25) is 0 Å². The zero-order valence-corrected chi connectivity index (χ0v) is 10.9. The fraction of sp³-hybridized carbons (Fsp3) is 0.571. The van der Waals surface area contributed by atoms with Crippen molar-refractivity contribution in [1.82, 2.24) is 5.32 Å². The van der Waals surface area contributed by atoms with Crippen LogP contribution >= 0.6 is 0 Å². The second kappa shape index (κ2) is 4.57. The summed E-state index contributed by atoms with van der Waals surface area (Å²) in [4.78, 5) is 0. The molecular formula is C14H22N2O.